The number of nitrogens with one attached hydrogen (secondary N) is 4. The first-order valence-corrected chi connectivity index (χ1v) is 13.8. The zero-order valence-electron chi connectivity index (χ0n) is 21.2. The van der Waals surface area contributed by atoms with Gasteiger partial charge >= 0.3 is 6.18 Å². The lowest BCUT2D eigenvalue weighted by atomic mass is 10.1. The summed E-state index contributed by atoms with van der Waals surface area (Å²) in [7, 11) is 0. The summed E-state index contributed by atoms with van der Waals surface area (Å²) in [6.45, 7) is 7.90. The van der Waals surface area contributed by atoms with E-state index in [-0.39, 0.29) is 22.9 Å². The third-order valence-corrected chi connectivity index (χ3v) is 6.76. The van der Waals surface area contributed by atoms with E-state index in [1.54, 1.807) is 30.0 Å². The largest absolute Gasteiger partial charge is 0.418 e. The van der Waals surface area contributed by atoms with Crippen LogP contribution in [-0.4, -0.2) is 50.4 Å². The molecule has 1 aliphatic rings. The van der Waals surface area contributed by atoms with E-state index in [4.69, 9.17) is 0 Å². The van der Waals surface area contributed by atoms with Gasteiger partial charge in [0.15, 0.2) is 0 Å². The van der Waals surface area contributed by atoms with E-state index < -0.39 is 11.7 Å². The molecule has 0 bridgehead atoms. The lowest BCUT2D eigenvalue weighted by molar-refractivity contribution is -0.137. The SMILES string of the molecule is C=N/N=C(\C=C/CC(=O)NSc1ccc(NCCSC2=CC=CC=CC2)c(C(F)(F)F)c1)NCCNCC. The second-order valence-electron chi connectivity index (χ2n) is 7.77. The maximum atomic E-state index is 13.7. The Morgan fingerprint density at radius 3 is 2.79 bits per heavy atom. The normalized spacial score (nSPS) is 13.8. The fraction of sp³-hybridized carbons (Fsp3) is 0.346. The van der Waals surface area contributed by atoms with Gasteiger partial charge in [-0.3, -0.25) is 9.52 Å². The van der Waals surface area contributed by atoms with Crippen LogP contribution in [-0.2, 0) is 11.0 Å². The van der Waals surface area contributed by atoms with E-state index in [2.05, 4.69) is 37.6 Å². The fourth-order valence-corrected chi connectivity index (χ4v) is 4.59. The van der Waals surface area contributed by atoms with Gasteiger partial charge in [-0.1, -0.05) is 43.4 Å². The minimum Gasteiger partial charge on any atom is -0.384 e. The molecule has 0 saturated heterocycles. The van der Waals surface area contributed by atoms with E-state index in [0.29, 0.717) is 24.7 Å². The Hall–Kier alpha value is -2.96. The first kappa shape index (κ1) is 31.3. The Kier molecular flexibility index (Phi) is 14.4. The number of hydrogen-bond donors (Lipinski definition) is 4. The number of carbonyl (C=O) groups excluding carboxylic acids is 1. The molecule has 1 aliphatic carbocycles. The molecule has 0 aliphatic heterocycles. The van der Waals surface area contributed by atoms with Crippen LogP contribution < -0.4 is 20.7 Å². The van der Waals surface area contributed by atoms with E-state index >= 15 is 0 Å². The molecule has 0 saturated carbocycles. The molecule has 1 aromatic carbocycles. The number of halogens is 3. The van der Waals surface area contributed by atoms with Crippen LogP contribution in [0.2, 0.25) is 0 Å². The summed E-state index contributed by atoms with van der Waals surface area (Å²) < 4.78 is 43.7. The van der Waals surface area contributed by atoms with Crippen LogP contribution in [0, 0.1) is 0 Å². The smallest absolute Gasteiger partial charge is 0.384 e. The molecule has 12 heteroatoms. The molecule has 0 spiro atoms. The van der Waals surface area contributed by atoms with Crippen LogP contribution in [0.4, 0.5) is 18.9 Å². The van der Waals surface area contributed by atoms with Crippen molar-refractivity contribution in [2.45, 2.75) is 30.8 Å². The van der Waals surface area contributed by atoms with E-state index in [9.17, 15) is 18.0 Å². The molecule has 0 heterocycles. The summed E-state index contributed by atoms with van der Waals surface area (Å²) in [5, 5.41) is 16.5. The Balaban J connectivity index is 1.86. The summed E-state index contributed by atoms with van der Waals surface area (Å²) in [4.78, 5) is 13.6. The summed E-state index contributed by atoms with van der Waals surface area (Å²) in [5.41, 5.74) is -0.766. The van der Waals surface area contributed by atoms with E-state index in [1.165, 1.54) is 6.07 Å². The van der Waals surface area contributed by atoms with Crippen molar-refractivity contribution in [3.63, 3.8) is 0 Å². The molecule has 0 unspecified atom stereocenters. The molecule has 1 aromatic rings. The van der Waals surface area contributed by atoms with Gasteiger partial charge in [0, 0.05) is 49.1 Å². The monoisotopic (exact) mass is 566 g/mol. The molecule has 7 nitrogen and oxygen atoms in total. The molecule has 0 radical (unpaired) electrons. The highest BCUT2D eigenvalue weighted by Crippen LogP contribution is 2.37. The Bertz CT molecular complexity index is 1070. The predicted octanol–water partition coefficient (Wildman–Crippen LogP) is 5.53. The second kappa shape index (κ2) is 17.5. The molecular weight excluding hydrogens is 533 g/mol. The maximum Gasteiger partial charge on any atom is 0.418 e. The molecule has 0 aromatic heterocycles. The van der Waals surface area contributed by atoms with E-state index in [0.717, 1.165) is 42.4 Å². The first-order valence-electron chi connectivity index (χ1n) is 12.0. The van der Waals surface area contributed by atoms with Crippen LogP contribution in [0.1, 0.15) is 25.3 Å². The van der Waals surface area contributed by atoms with Crippen LogP contribution in [0.3, 0.4) is 0 Å². The van der Waals surface area contributed by atoms with Crippen molar-refractivity contribution >= 4 is 47.9 Å². The number of hydrogen-bond acceptors (Lipinski definition) is 7. The highest BCUT2D eigenvalue weighted by molar-refractivity contribution is 8.03. The number of allylic oxidation sites excluding steroid dienone is 6. The first-order chi connectivity index (χ1) is 18.3. The molecular formula is C26H33F3N6OS2. The molecule has 2 rings (SSSR count). The third kappa shape index (κ3) is 12.5. The minimum absolute atomic E-state index is 0.00984. The van der Waals surface area contributed by atoms with Crippen LogP contribution in [0.5, 0.6) is 0 Å². The van der Waals surface area contributed by atoms with Gasteiger partial charge in [0.1, 0.15) is 5.84 Å². The Morgan fingerprint density at radius 1 is 1.18 bits per heavy atom. The van der Waals surface area contributed by atoms with Crippen molar-refractivity contribution in [2.75, 3.05) is 37.2 Å². The average Bonchev–Trinajstić information content (AvgIpc) is 3.16. The number of anilines is 1. The second-order valence-corrected chi connectivity index (χ2v) is 9.87. The summed E-state index contributed by atoms with van der Waals surface area (Å²) in [5.74, 6) is 0.718. The van der Waals surface area contributed by atoms with Gasteiger partial charge in [0.05, 0.1) is 5.56 Å². The number of likely N-dealkylation sites (N-methyl/N-ethyl adjacent to an activating group) is 1. The fourth-order valence-electron chi connectivity index (χ4n) is 3.10. The van der Waals surface area contributed by atoms with Crippen molar-refractivity contribution in [3.8, 4) is 0 Å². The number of alkyl halides is 3. The number of rotatable bonds is 15. The number of carbonyl (C=O) groups is 1. The van der Waals surface area contributed by atoms with Crippen molar-refractivity contribution in [3.05, 3.63) is 71.2 Å². The summed E-state index contributed by atoms with van der Waals surface area (Å²) in [6, 6.07) is 3.97. The van der Waals surface area contributed by atoms with Gasteiger partial charge in [-0.2, -0.15) is 18.3 Å². The molecule has 206 valence electrons. The number of thioether (sulfide) groups is 1. The lowest BCUT2D eigenvalue weighted by Gasteiger charge is -2.16. The van der Waals surface area contributed by atoms with E-state index in [1.807, 2.05) is 37.3 Å². The highest BCUT2D eigenvalue weighted by Gasteiger charge is 2.33. The Morgan fingerprint density at radius 2 is 2.03 bits per heavy atom. The highest BCUT2D eigenvalue weighted by atomic mass is 32.2. The maximum absolute atomic E-state index is 13.7. The molecule has 4 N–H and O–H groups in total. The lowest BCUT2D eigenvalue weighted by Crippen LogP contribution is -2.30. The van der Waals surface area contributed by atoms with Gasteiger partial charge in [0.2, 0.25) is 5.91 Å². The summed E-state index contributed by atoms with van der Waals surface area (Å²) >= 11 is 2.45. The van der Waals surface area contributed by atoms with Crippen molar-refractivity contribution in [2.24, 2.45) is 10.2 Å². The number of amidine groups is 1. The van der Waals surface area contributed by atoms with Crippen molar-refractivity contribution < 1.29 is 18.0 Å². The quantitative estimate of drug-likeness (QED) is 0.0734. The third-order valence-electron chi connectivity index (χ3n) is 4.86. The number of benzene rings is 1. The van der Waals surface area contributed by atoms with Gasteiger partial charge in [-0.05, 0) is 54.1 Å². The van der Waals surface area contributed by atoms with Gasteiger partial charge in [-0.25, -0.2) is 0 Å². The van der Waals surface area contributed by atoms with Crippen LogP contribution in [0.25, 0.3) is 0 Å². The molecule has 0 fully saturated rings. The molecule has 0 atom stereocenters. The predicted molar refractivity (Wildman–Crippen MR) is 155 cm³/mol. The van der Waals surface area contributed by atoms with Gasteiger partial charge in [-0.15, -0.1) is 16.9 Å². The topological polar surface area (TPSA) is 89.9 Å². The zero-order chi connectivity index (χ0) is 27.6. The average molecular weight is 567 g/mol. The molecule has 38 heavy (non-hydrogen) atoms. The van der Waals surface area contributed by atoms with Crippen LogP contribution >= 0.6 is 23.7 Å². The number of nitrogens with zero attached hydrogens (tertiary/aromatic N) is 2. The minimum atomic E-state index is -4.53. The summed E-state index contributed by atoms with van der Waals surface area (Å²) in [6.07, 6.45) is 9.39. The number of amides is 1. The Labute approximate surface area is 230 Å². The van der Waals surface area contributed by atoms with Crippen molar-refractivity contribution in [1.82, 2.24) is 15.4 Å². The van der Waals surface area contributed by atoms with Gasteiger partial charge in [0.25, 0.3) is 0 Å². The molecule has 1 amide bonds. The zero-order valence-corrected chi connectivity index (χ0v) is 22.8. The van der Waals surface area contributed by atoms with Crippen molar-refractivity contribution in [1.29, 1.82) is 0 Å². The standard InChI is InChI=1S/C26H33F3N6OS2/c1-3-31-15-16-33-24(34-30-2)11-8-12-25(36)35-38-21-13-14-23(22(19-21)26(27,28)29)32-17-18-37-20-9-6-4-5-7-10-20/h4-9,11,13-14,19,31-32H,2-3,10,12,15-18H2,1H3,(H,33,34)(H,35,36)/b11-8-. The van der Waals surface area contributed by atoms with Gasteiger partial charge < -0.3 is 16.0 Å². The van der Waals surface area contributed by atoms with Crippen LogP contribution in [0.15, 0.2) is 80.7 Å².